The first kappa shape index (κ1) is 13.7. The summed E-state index contributed by atoms with van der Waals surface area (Å²) in [4.78, 5) is 11.7. The van der Waals surface area contributed by atoms with E-state index in [1.54, 1.807) is 30.0 Å². The fourth-order valence-electron chi connectivity index (χ4n) is 1.26. The zero-order chi connectivity index (χ0) is 12.7. The highest BCUT2D eigenvalue weighted by atomic mass is 32.2. The van der Waals surface area contributed by atoms with Gasteiger partial charge in [0.05, 0.1) is 18.4 Å². The van der Waals surface area contributed by atoms with Crippen LogP contribution >= 0.6 is 11.8 Å². The number of hydrogen-bond donors (Lipinski definition) is 1. The van der Waals surface area contributed by atoms with Crippen molar-refractivity contribution in [2.24, 2.45) is 0 Å². The first-order valence-electron chi connectivity index (χ1n) is 5.37. The van der Waals surface area contributed by atoms with E-state index in [9.17, 15) is 4.79 Å². The lowest BCUT2D eigenvalue weighted by molar-refractivity contribution is 0.0530. The Hall–Kier alpha value is -1.36. The van der Waals surface area contributed by atoms with Crippen LogP contribution in [0.2, 0.25) is 0 Å². The quantitative estimate of drug-likeness (QED) is 0.479. The van der Waals surface area contributed by atoms with E-state index in [1.807, 2.05) is 0 Å². The van der Waals surface area contributed by atoms with E-state index in [0.717, 1.165) is 11.5 Å². The Morgan fingerprint density at radius 1 is 1.47 bits per heavy atom. The first-order valence-corrected chi connectivity index (χ1v) is 6.53. The molecule has 0 heterocycles. The maximum absolute atomic E-state index is 11.7. The molecule has 94 valence electrons. The Morgan fingerprint density at radius 3 is 2.88 bits per heavy atom. The van der Waals surface area contributed by atoms with Crippen LogP contribution in [0.1, 0.15) is 17.3 Å². The molecule has 0 radical (unpaired) electrons. The van der Waals surface area contributed by atoms with Crippen LogP contribution in [-0.4, -0.2) is 31.2 Å². The maximum Gasteiger partial charge on any atom is 0.338 e. The number of hydrogen-bond acceptors (Lipinski definition) is 5. The van der Waals surface area contributed by atoms with Crippen molar-refractivity contribution >= 4 is 23.4 Å². The van der Waals surface area contributed by atoms with Gasteiger partial charge in [-0.05, 0) is 24.0 Å². The summed E-state index contributed by atoms with van der Waals surface area (Å²) >= 11 is 1.73. The van der Waals surface area contributed by atoms with Crippen LogP contribution in [0.4, 0.5) is 5.69 Å². The van der Waals surface area contributed by atoms with Crippen molar-refractivity contribution in [1.29, 1.82) is 0 Å². The highest BCUT2D eigenvalue weighted by Crippen LogP contribution is 2.22. The molecule has 0 amide bonds. The minimum absolute atomic E-state index is 0.347. The van der Waals surface area contributed by atoms with Gasteiger partial charge >= 0.3 is 5.97 Å². The van der Waals surface area contributed by atoms with Crippen LogP contribution in [0.25, 0.3) is 0 Å². The van der Waals surface area contributed by atoms with E-state index in [-0.39, 0.29) is 5.97 Å². The van der Waals surface area contributed by atoms with Crippen molar-refractivity contribution in [3.63, 3.8) is 0 Å². The molecule has 0 saturated heterocycles. The zero-order valence-electron chi connectivity index (χ0n) is 10.1. The lowest BCUT2D eigenvalue weighted by Crippen LogP contribution is -2.08. The molecular weight excluding hydrogens is 238 g/mol. The molecule has 5 heteroatoms. The van der Waals surface area contributed by atoms with E-state index in [4.69, 9.17) is 15.2 Å². The molecule has 0 atom stereocenters. The average Bonchev–Trinajstić information content (AvgIpc) is 2.35. The second-order valence-corrected chi connectivity index (χ2v) is 4.68. The number of methoxy groups -OCH3 is 1. The molecule has 2 N–H and O–H groups in total. The number of nitrogen functional groups attached to an aromatic ring is 1. The molecule has 4 nitrogen and oxygen atoms in total. The van der Waals surface area contributed by atoms with Gasteiger partial charge in [0, 0.05) is 5.75 Å². The smallest absolute Gasteiger partial charge is 0.338 e. The predicted octanol–water partition coefficient (Wildman–Crippen LogP) is 2.19. The molecule has 1 rings (SSSR count). The fourth-order valence-corrected chi connectivity index (χ4v) is 1.75. The largest absolute Gasteiger partial charge is 0.495 e. The number of carbonyl (C=O) groups is 1. The normalized spacial score (nSPS) is 10.0. The van der Waals surface area contributed by atoms with Gasteiger partial charge in [-0.3, -0.25) is 0 Å². The molecule has 17 heavy (non-hydrogen) atoms. The maximum atomic E-state index is 11.7. The van der Waals surface area contributed by atoms with Crippen molar-refractivity contribution < 1.29 is 14.3 Å². The van der Waals surface area contributed by atoms with E-state index in [2.05, 4.69) is 6.92 Å². The molecule has 1 aromatic rings. The summed E-state index contributed by atoms with van der Waals surface area (Å²) in [5.74, 6) is 1.98. The van der Waals surface area contributed by atoms with Gasteiger partial charge in [0.1, 0.15) is 12.4 Å². The molecule has 0 spiro atoms. The number of carbonyl (C=O) groups excluding carboxylic acids is 1. The van der Waals surface area contributed by atoms with Crippen LogP contribution < -0.4 is 10.5 Å². The summed E-state index contributed by atoms with van der Waals surface area (Å²) in [5.41, 5.74) is 6.62. The molecule has 0 aromatic heterocycles. The molecule has 0 aliphatic rings. The number of nitrogens with two attached hydrogens (primary N) is 1. The van der Waals surface area contributed by atoms with Crippen molar-refractivity contribution in [2.75, 3.05) is 31.0 Å². The molecular formula is C12H17NO3S. The zero-order valence-corrected chi connectivity index (χ0v) is 10.9. The lowest BCUT2D eigenvalue weighted by atomic mass is 10.2. The SMILES string of the molecule is CCSCCOC(=O)c1ccc(N)c(OC)c1. The lowest BCUT2D eigenvalue weighted by Gasteiger charge is -2.07. The summed E-state index contributed by atoms with van der Waals surface area (Å²) in [5, 5.41) is 0. The second-order valence-electron chi connectivity index (χ2n) is 3.29. The van der Waals surface area contributed by atoms with E-state index >= 15 is 0 Å². The van der Waals surface area contributed by atoms with Gasteiger partial charge in [0.15, 0.2) is 0 Å². The molecule has 0 unspecified atom stereocenters. The topological polar surface area (TPSA) is 61.5 Å². The van der Waals surface area contributed by atoms with Gasteiger partial charge < -0.3 is 15.2 Å². The predicted molar refractivity (Wildman–Crippen MR) is 70.7 cm³/mol. The van der Waals surface area contributed by atoms with Crippen molar-refractivity contribution in [3.8, 4) is 5.75 Å². The molecule has 0 bridgehead atoms. The van der Waals surface area contributed by atoms with Crippen molar-refractivity contribution in [1.82, 2.24) is 0 Å². The Balaban J connectivity index is 2.57. The third kappa shape index (κ3) is 4.19. The number of ether oxygens (including phenoxy) is 2. The summed E-state index contributed by atoms with van der Waals surface area (Å²) in [7, 11) is 1.51. The monoisotopic (exact) mass is 255 g/mol. The Kier molecular flexibility index (Phi) is 5.69. The summed E-state index contributed by atoms with van der Waals surface area (Å²) in [6.07, 6.45) is 0. The highest BCUT2D eigenvalue weighted by Gasteiger charge is 2.09. The van der Waals surface area contributed by atoms with E-state index in [1.165, 1.54) is 7.11 Å². The van der Waals surface area contributed by atoms with E-state index in [0.29, 0.717) is 23.6 Å². The van der Waals surface area contributed by atoms with Gasteiger partial charge in [0.2, 0.25) is 0 Å². The molecule has 1 aromatic carbocycles. The summed E-state index contributed by atoms with van der Waals surface area (Å²) in [6, 6.07) is 4.86. The van der Waals surface area contributed by atoms with Crippen LogP contribution in [0.3, 0.4) is 0 Å². The van der Waals surface area contributed by atoms with Gasteiger partial charge in [-0.15, -0.1) is 0 Å². The van der Waals surface area contributed by atoms with Crippen LogP contribution in [-0.2, 0) is 4.74 Å². The Morgan fingerprint density at radius 2 is 2.24 bits per heavy atom. The number of benzene rings is 1. The molecule has 0 aliphatic heterocycles. The number of rotatable bonds is 6. The van der Waals surface area contributed by atoms with Gasteiger partial charge in [-0.25, -0.2) is 4.79 Å². The Bertz CT molecular complexity index is 382. The fraction of sp³-hybridized carbons (Fsp3) is 0.417. The third-order valence-corrected chi connectivity index (χ3v) is 3.00. The summed E-state index contributed by atoms with van der Waals surface area (Å²) < 4.78 is 10.2. The van der Waals surface area contributed by atoms with Crippen LogP contribution in [0.15, 0.2) is 18.2 Å². The minimum Gasteiger partial charge on any atom is -0.495 e. The first-order chi connectivity index (χ1) is 8.19. The van der Waals surface area contributed by atoms with Crippen LogP contribution in [0.5, 0.6) is 5.75 Å². The second kappa shape index (κ2) is 7.06. The number of esters is 1. The average molecular weight is 255 g/mol. The highest BCUT2D eigenvalue weighted by molar-refractivity contribution is 7.99. The summed E-state index contributed by atoms with van der Waals surface area (Å²) in [6.45, 7) is 2.49. The molecule has 0 saturated carbocycles. The Labute approximate surface area is 105 Å². The van der Waals surface area contributed by atoms with Gasteiger partial charge in [-0.1, -0.05) is 6.92 Å². The molecule has 0 aliphatic carbocycles. The van der Waals surface area contributed by atoms with Gasteiger partial charge in [-0.2, -0.15) is 11.8 Å². The van der Waals surface area contributed by atoms with Gasteiger partial charge in [0.25, 0.3) is 0 Å². The van der Waals surface area contributed by atoms with Crippen LogP contribution in [0, 0.1) is 0 Å². The van der Waals surface area contributed by atoms with Crippen molar-refractivity contribution in [3.05, 3.63) is 23.8 Å². The standard InChI is InChI=1S/C12H17NO3S/c1-3-17-7-6-16-12(14)9-4-5-10(13)11(8-9)15-2/h4-5,8H,3,6-7,13H2,1-2H3. The molecule has 0 fully saturated rings. The minimum atomic E-state index is -0.347. The number of anilines is 1. The van der Waals surface area contributed by atoms with E-state index < -0.39 is 0 Å². The third-order valence-electron chi connectivity index (χ3n) is 2.13. The van der Waals surface area contributed by atoms with Crippen molar-refractivity contribution in [2.45, 2.75) is 6.92 Å². The number of thioether (sulfide) groups is 1.